The van der Waals surface area contributed by atoms with Gasteiger partial charge in [0.15, 0.2) is 0 Å². The van der Waals surface area contributed by atoms with E-state index in [1.165, 1.54) is 0 Å². The van der Waals surface area contributed by atoms with Gasteiger partial charge in [-0.25, -0.2) is 5.48 Å². The molecule has 3 amide bonds. The summed E-state index contributed by atoms with van der Waals surface area (Å²) in [5.41, 5.74) is 5.72. The number of para-hydroxylation sites is 1. The van der Waals surface area contributed by atoms with Crippen LogP contribution in [0.25, 0.3) is 11.1 Å². The Bertz CT molecular complexity index is 1390. The van der Waals surface area contributed by atoms with Crippen molar-refractivity contribution in [2.75, 3.05) is 11.4 Å². The van der Waals surface area contributed by atoms with Crippen LogP contribution in [0, 0.1) is 0 Å². The zero-order valence-electron chi connectivity index (χ0n) is 23.7. The maximum atomic E-state index is 13.9. The van der Waals surface area contributed by atoms with Crippen LogP contribution in [-0.4, -0.2) is 52.3 Å². The second kappa shape index (κ2) is 13.1. The van der Waals surface area contributed by atoms with Crippen molar-refractivity contribution in [3.8, 4) is 11.1 Å². The first kappa shape index (κ1) is 29.9. The number of nitrogens with one attached hydrogen (secondary N) is 3. The number of benzene rings is 3. The van der Waals surface area contributed by atoms with E-state index >= 15 is 0 Å². The minimum atomic E-state index is -0.675. The molecule has 0 aromatic heterocycles. The van der Waals surface area contributed by atoms with Gasteiger partial charge in [-0.15, -0.1) is 0 Å². The van der Waals surface area contributed by atoms with Crippen LogP contribution in [-0.2, 0) is 22.6 Å². The zero-order chi connectivity index (χ0) is 29.6. The third kappa shape index (κ3) is 7.58. The number of aliphatic hydroxyl groups excluding tert-OH is 1. The van der Waals surface area contributed by atoms with Crippen molar-refractivity contribution in [1.82, 2.24) is 16.1 Å². The van der Waals surface area contributed by atoms with Crippen molar-refractivity contribution in [2.45, 2.75) is 64.3 Å². The highest BCUT2D eigenvalue weighted by Crippen LogP contribution is 2.30. The van der Waals surface area contributed by atoms with Crippen LogP contribution >= 0.6 is 0 Å². The molecule has 0 radical (unpaired) electrons. The molecule has 1 heterocycles. The summed E-state index contributed by atoms with van der Waals surface area (Å²) >= 11 is 0. The molecule has 0 saturated carbocycles. The van der Waals surface area contributed by atoms with E-state index in [4.69, 9.17) is 5.21 Å². The second-order valence-electron chi connectivity index (χ2n) is 11.2. The van der Waals surface area contributed by atoms with Gasteiger partial charge in [0.1, 0.15) is 6.04 Å². The van der Waals surface area contributed by atoms with Crippen molar-refractivity contribution in [1.29, 1.82) is 0 Å². The molecule has 0 spiro atoms. The molecule has 41 heavy (non-hydrogen) atoms. The third-order valence-electron chi connectivity index (χ3n) is 7.24. The SMILES string of the molecule is C[C@@H](O)CNC(C)(C)CC(=O)N[C@@H]1CCc2ccccc2N(Cc2ccc(-c3ccccc3C(=O)NO)cc2)C1=O. The summed E-state index contributed by atoms with van der Waals surface area (Å²) in [4.78, 5) is 40.7. The summed E-state index contributed by atoms with van der Waals surface area (Å²) in [5, 5.41) is 24.9. The molecule has 0 bridgehead atoms. The predicted molar refractivity (Wildman–Crippen MR) is 157 cm³/mol. The van der Waals surface area contributed by atoms with Crippen molar-refractivity contribution < 1.29 is 24.7 Å². The number of hydrogen-bond acceptors (Lipinski definition) is 6. The Morgan fingerprint density at radius 1 is 1.02 bits per heavy atom. The van der Waals surface area contributed by atoms with E-state index in [0.29, 0.717) is 37.1 Å². The van der Waals surface area contributed by atoms with E-state index in [0.717, 1.165) is 22.4 Å². The van der Waals surface area contributed by atoms with Crippen LogP contribution in [0.15, 0.2) is 72.8 Å². The highest BCUT2D eigenvalue weighted by Gasteiger charge is 2.32. The Kier molecular flexibility index (Phi) is 9.54. The number of fused-ring (bicyclic) bond motifs is 1. The molecule has 0 unspecified atom stereocenters. The minimum absolute atomic E-state index is 0.160. The molecule has 216 valence electrons. The summed E-state index contributed by atoms with van der Waals surface area (Å²) in [6.45, 7) is 6.14. The van der Waals surface area contributed by atoms with Gasteiger partial charge in [0.2, 0.25) is 11.8 Å². The molecule has 0 saturated heterocycles. The molecule has 9 heteroatoms. The minimum Gasteiger partial charge on any atom is -0.392 e. The van der Waals surface area contributed by atoms with E-state index < -0.39 is 23.6 Å². The van der Waals surface area contributed by atoms with E-state index in [-0.39, 0.29) is 18.2 Å². The number of amides is 3. The van der Waals surface area contributed by atoms with Crippen LogP contribution < -0.4 is 21.0 Å². The van der Waals surface area contributed by atoms with Crippen LogP contribution in [0.3, 0.4) is 0 Å². The quantitative estimate of drug-likeness (QED) is 0.191. The standard InChI is InChI=1S/C32H38N4O5/c1-21(37)19-33-32(2,3)18-29(38)34-27-17-16-24-8-4-7-11-28(24)36(31(27)40)20-22-12-14-23(15-13-22)25-9-5-6-10-26(25)30(39)35-41/h4-15,21,27,33,37,41H,16-20H2,1-3H3,(H,34,38)(H,35,39)/t21-,27-/m1/s1. The summed E-state index contributed by atoms with van der Waals surface area (Å²) in [5.74, 6) is -0.994. The first-order valence-corrected chi connectivity index (χ1v) is 13.8. The van der Waals surface area contributed by atoms with Crippen molar-refractivity contribution in [3.63, 3.8) is 0 Å². The Hall–Kier alpha value is -4.05. The topological polar surface area (TPSA) is 131 Å². The number of hydroxylamine groups is 1. The molecule has 0 aliphatic carbocycles. The molecular weight excluding hydrogens is 520 g/mol. The molecule has 9 nitrogen and oxygen atoms in total. The van der Waals surface area contributed by atoms with Crippen LogP contribution in [0.2, 0.25) is 0 Å². The van der Waals surface area contributed by atoms with Gasteiger partial charge in [0.05, 0.1) is 12.6 Å². The van der Waals surface area contributed by atoms with Gasteiger partial charge in [0.25, 0.3) is 5.91 Å². The molecule has 0 fully saturated rings. The number of hydrogen-bond donors (Lipinski definition) is 5. The lowest BCUT2D eigenvalue weighted by atomic mass is 9.98. The molecular formula is C32H38N4O5. The third-order valence-corrected chi connectivity index (χ3v) is 7.24. The normalized spacial score (nSPS) is 16.0. The summed E-state index contributed by atoms with van der Waals surface area (Å²) in [6, 6.07) is 21.7. The molecule has 3 aromatic rings. The van der Waals surface area contributed by atoms with E-state index in [9.17, 15) is 19.5 Å². The maximum absolute atomic E-state index is 13.9. The summed E-state index contributed by atoms with van der Waals surface area (Å²) in [7, 11) is 0. The van der Waals surface area contributed by atoms with Gasteiger partial charge in [-0.3, -0.25) is 19.6 Å². The largest absolute Gasteiger partial charge is 0.392 e. The number of rotatable bonds is 10. The molecule has 2 atom stereocenters. The van der Waals surface area contributed by atoms with Gasteiger partial charge in [-0.05, 0) is 68.0 Å². The van der Waals surface area contributed by atoms with Crippen molar-refractivity contribution in [3.05, 3.63) is 89.5 Å². The van der Waals surface area contributed by atoms with Gasteiger partial charge in [0, 0.05) is 29.8 Å². The Morgan fingerprint density at radius 3 is 2.41 bits per heavy atom. The molecule has 1 aliphatic rings. The first-order valence-electron chi connectivity index (χ1n) is 13.8. The summed E-state index contributed by atoms with van der Waals surface area (Å²) < 4.78 is 0. The van der Waals surface area contributed by atoms with Crippen molar-refractivity contribution >= 4 is 23.4 Å². The Morgan fingerprint density at radius 2 is 1.71 bits per heavy atom. The smallest absolute Gasteiger partial charge is 0.275 e. The van der Waals surface area contributed by atoms with Gasteiger partial charge in [-0.1, -0.05) is 60.7 Å². The Balaban J connectivity index is 1.53. The number of carbonyl (C=O) groups excluding carboxylic acids is 3. The summed E-state index contributed by atoms with van der Waals surface area (Å²) in [6.07, 6.45) is 0.766. The van der Waals surface area contributed by atoms with E-state index in [2.05, 4.69) is 10.6 Å². The number of aliphatic hydroxyl groups is 1. The molecule has 4 rings (SSSR count). The lowest BCUT2D eigenvalue weighted by Gasteiger charge is -2.29. The van der Waals surface area contributed by atoms with Gasteiger partial charge >= 0.3 is 0 Å². The highest BCUT2D eigenvalue weighted by atomic mass is 16.5. The fraction of sp³-hybridized carbons (Fsp3) is 0.344. The Labute approximate surface area is 240 Å². The van der Waals surface area contributed by atoms with Crippen molar-refractivity contribution in [2.24, 2.45) is 0 Å². The van der Waals surface area contributed by atoms with Gasteiger partial charge in [-0.2, -0.15) is 0 Å². The maximum Gasteiger partial charge on any atom is 0.275 e. The second-order valence-corrected chi connectivity index (χ2v) is 11.2. The lowest BCUT2D eigenvalue weighted by molar-refractivity contribution is -0.128. The average Bonchev–Trinajstić information content (AvgIpc) is 3.08. The number of β-amino-alcohol motifs (C(OH)–C–C–N with tert-alkyl or cyclic N) is 1. The van der Waals surface area contributed by atoms with E-state index in [1.807, 2.05) is 74.5 Å². The van der Waals surface area contributed by atoms with Crippen LogP contribution in [0.5, 0.6) is 0 Å². The monoisotopic (exact) mass is 558 g/mol. The number of nitrogens with zero attached hydrogens (tertiary/aromatic N) is 1. The predicted octanol–water partition coefficient (Wildman–Crippen LogP) is 3.58. The highest BCUT2D eigenvalue weighted by molar-refractivity contribution is 6.01. The zero-order valence-corrected chi connectivity index (χ0v) is 23.7. The fourth-order valence-electron chi connectivity index (χ4n) is 5.11. The molecule has 5 N–H and O–H groups in total. The molecule has 3 aromatic carbocycles. The number of aryl methyl sites for hydroxylation is 1. The van der Waals surface area contributed by atoms with Crippen LogP contribution in [0.1, 0.15) is 55.1 Å². The van der Waals surface area contributed by atoms with Crippen LogP contribution in [0.4, 0.5) is 5.69 Å². The first-order chi connectivity index (χ1) is 19.6. The van der Waals surface area contributed by atoms with Gasteiger partial charge < -0.3 is 20.6 Å². The molecule has 1 aliphatic heterocycles. The lowest BCUT2D eigenvalue weighted by Crippen LogP contribution is -2.51. The number of carbonyl (C=O) groups is 3. The van der Waals surface area contributed by atoms with E-state index in [1.54, 1.807) is 29.4 Å². The fourth-order valence-corrected chi connectivity index (χ4v) is 5.11. The average molecular weight is 559 g/mol. The number of anilines is 1.